The first-order chi connectivity index (χ1) is 15.3. The van der Waals surface area contributed by atoms with Gasteiger partial charge in [0.2, 0.25) is 0 Å². The molecule has 0 radical (unpaired) electrons. The van der Waals surface area contributed by atoms with Crippen molar-refractivity contribution in [3.63, 3.8) is 0 Å². The van der Waals surface area contributed by atoms with Crippen LogP contribution in [0.4, 0.5) is 0 Å². The molecule has 0 aliphatic heterocycles. The van der Waals surface area contributed by atoms with Gasteiger partial charge in [-0.05, 0) is 129 Å². The van der Waals surface area contributed by atoms with Gasteiger partial charge in [0.25, 0.3) is 0 Å². The highest BCUT2D eigenvalue weighted by Gasteiger charge is 2.82. The fraction of sp³-hybridized carbons (Fsp3) is 0.935. The van der Waals surface area contributed by atoms with Crippen LogP contribution in [-0.4, -0.2) is 23.9 Å². The fourth-order valence-corrected chi connectivity index (χ4v) is 11.1. The zero-order valence-corrected chi connectivity index (χ0v) is 23.0. The van der Waals surface area contributed by atoms with Crippen LogP contribution in [0, 0.1) is 50.7 Å². The number of rotatable bonds is 5. The van der Waals surface area contributed by atoms with E-state index in [1.54, 1.807) is 0 Å². The number of aliphatic hydroxyl groups is 1. The van der Waals surface area contributed by atoms with E-state index in [2.05, 4.69) is 60.6 Å². The largest absolute Gasteiger partial charge is 0.393 e. The second-order valence-corrected chi connectivity index (χ2v) is 15.0. The summed E-state index contributed by atoms with van der Waals surface area (Å²) < 4.78 is 5.60. The van der Waals surface area contributed by atoms with Crippen LogP contribution >= 0.6 is 0 Å². The van der Waals surface area contributed by atoms with Crippen LogP contribution in [0.25, 0.3) is 0 Å². The molecule has 0 aromatic heterocycles. The second-order valence-electron chi connectivity index (χ2n) is 15.0. The minimum Gasteiger partial charge on any atom is -0.393 e. The average Bonchev–Trinajstić information content (AvgIpc) is 3.33. The molecule has 0 aromatic rings. The highest BCUT2D eigenvalue weighted by atomic mass is 16.5. The summed E-state index contributed by atoms with van der Waals surface area (Å²) in [5.41, 5.74) is 2.07. The first-order valence-electron chi connectivity index (χ1n) is 14.2. The topological polar surface area (TPSA) is 29.5 Å². The summed E-state index contributed by atoms with van der Waals surface area (Å²) in [4.78, 5) is 0. The summed E-state index contributed by atoms with van der Waals surface area (Å²) in [6.45, 7) is 17.0. The maximum atomic E-state index is 10.9. The lowest BCUT2D eigenvalue weighted by molar-refractivity contribution is -0.161. The van der Waals surface area contributed by atoms with E-state index in [9.17, 15) is 5.11 Å². The number of hydrogen-bond acceptors (Lipinski definition) is 2. The minimum absolute atomic E-state index is 0.0976. The van der Waals surface area contributed by atoms with Gasteiger partial charge >= 0.3 is 0 Å². The Labute approximate surface area is 204 Å². The maximum Gasteiger partial charge on any atom is 0.0802 e. The third-order valence-corrected chi connectivity index (χ3v) is 13.4. The van der Waals surface area contributed by atoms with E-state index < -0.39 is 0 Å². The van der Waals surface area contributed by atoms with Gasteiger partial charge in [-0.3, -0.25) is 0 Å². The highest BCUT2D eigenvalue weighted by Crippen LogP contribution is 2.89. The van der Waals surface area contributed by atoms with Crippen molar-refractivity contribution in [3.8, 4) is 0 Å². The molecule has 5 aliphatic rings. The normalized spacial score (nSPS) is 51.4. The van der Waals surface area contributed by atoms with Gasteiger partial charge in [0.1, 0.15) is 0 Å². The molecule has 188 valence electrons. The molecule has 5 rings (SSSR count). The molecule has 0 bridgehead atoms. The Hall–Kier alpha value is -0.340. The predicted octanol–water partition coefficient (Wildman–Crippen LogP) is 7.79. The van der Waals surface area contributed by atoms with Crippen molar-refractivity contribution in [2.75, 3.05) is 7.11 Å². The standard InChI is InChI=1S/C31H52O2/c1-21(10-9-15-26(2,3)33-8)22-13-16-29(7)24-12-11-23-27(4,5)25(32)14-17-30(23)20-31(24,30)19-18-28(22,29)6/h9,15,21-25,32H,10-14,16-20H2,1-8H3/b15-9+/t21-,22-,23+,24+,25+,28-,29+,30-,31+/m1/s1. The number of methoxy groups -OCH3 is 1. The molecule has 5 fully saturated rings. The predicted molar refractivity (Wildman–Crippen MR) is 137 cm³/mol. The molecule has 9 atom stereocenters. The number of ether oxygens (including phenoxy) is 1. The van der Waals surface area contributed by atoms with Crippen LogP contribution in [0.2, 0.25) is 0 Å². The summed E-state index contributed by atoms with van der Waals surface area (Å²) in [6.07, 6.45) is 18.1. The summed E-state index contributed by atoms with van der Waals surface area (Å²) in [6, 6.07) is 0. The Kier molecular flexibility index (Phi) is 5.42. The van der Waals surface area contributed by atoms with Crippen LogP contribution < -0.4 is 0 Å². The van der Waals surface area contributed by atoms with Crippen molar-refractivity contribution < 1.29 is 9.84 Å². The van der Waals surface area contributed by atoms with E-state index in [0.717, 1.165) is 30.1 Å². The van der Waals surface area contributed by atoms with Crippen LogP contribution in [0.5, 0.6) is 0 Å². The van der Waals surface area contributed by atoms with Crippen molar-refractivity contribution in [1.82, 2.24) is 0 Å². The number of allylic oxidation sites excluding steroid dienone is 1. The van der Waals surface area contributed by atoms with Gasteiger partial charge in [-0.25, -0.2) is 0 Å². The molecule has 0 heterocycles. The Bertz CT molecular complexity index is 812. The van der Waals surface area contributed by atoms with Crippen LogP contribution in [0.1, 0.15) is 113 Å². The van der Waals surface area contributed by atoms with Gasteiger partial charge in [-0.1, -0.05) is 46.8 Å². The second kappa shape index (κ2) is 7.34. The Morgan fingerprint density at radius 2 is 1.58 bits per heavy atom. The molecule has 0 unspecified atom stereocenters. The smallest absolute Gasteiger partial charge is 0.0802 e. The third kappa shape index (κ3) is 3.04. The van der Waals surface area contributed by atoms with E-state index >= 15 is 0 Å². The first kappa shape index (κ1) is 24.4. The molecule has 5 saturated carbocycles. The highest BCUT2D eigenvalue weighted by molar-refractivity contribution is 5.30. The zero-order chi connectivity index (χ0) is 24.1. The van der Waals surface area contributed by atoms with Crippen molar-refractivity contribution in [3.05, 3.63) is 12.2 Å². The molecule has 0 amide bonds. The van der Waals surface area contributed by atoms with Gasteiger partial charge in [-0.2, -0.15) is 0 Å². The first-order valence-corrected chi connectivity index (χ1v) is 14.2. The number of fused-ring (bicyclic) bond motifs is 2. The lowest BCUT2D eigenvalue weighted by Gasteiger charge is -2.63. The molecule has 0 aromatic carbocycles. The van der Waals surface area contributed by atoms with E-state index in [4.69, 9.17) is 4.74 Å². The van der Waals surface area contributed by atoms with Crippen molar-refractivity contribution in [2.24, 2.45) is 50.7 Å². The van der Waals surface area contributed by atoms with Crippen LogP contribution in [0.15, 0.2) is 12.2 Å². The van der Waals surface area contributed by atoms with E-state index in [1.165, 1.54) is 57.8 Å². The lowest BCUT2D eigenvalue weighted by atomic mass is 9.42. The van der Waals surface area contributed by atoms with Crippen molar-refractivity contribution in [1.29, 1.82) is 0 Å². The summed E-state index contributed by atoms with van der Waals surface area (Å²) in [5.74, 6) is 3.23. The van der Waals surface area contributed by atoms with Crippen molar-refractivity contribution in [2.45, 2.75) is 124 Å². The summed E-state index contributed by atoms with van der Waals surface area (Å²) in [7, 11) is 1.81. The molecular weight excluding hydrogens is 404 g/mol. The summed E-state index contributed by atoms with van der Waals surface area (Å²) >= 11 is 0. The summed E-state index contributed by atoms with van der Waals surface area (Å²) in [5, 5.41) is 10.9. The molecule has 2 spiro atoms. The zero-order valence-electron chi connectivity index (χ0n) is 23.0. The quantitative estimate of drug-likeness (QED) is 0.428. The molecule has 33 heavy (non-hydrogen) atoms. The Morgan fingerprint density at radius 3 is 2.27 bits per heavy atom. The van der Waals surface area contributed by atoms with E-state index in [0.29, 0.717) is 21.7 Å². The molecule has 1 N–H and O–H groups in total. The Morgan fingerprint density at radius 1 is 0.909 bits per heavy atom. The minimum atomic E-state index is -0.161. The number of hydrogen-bond donors (Lipinski definition) is 1. The molecular formula is C31H52O2. The lowest BCUT2D eigenvalue weighted by Crippen LogP contribution is -2.57. The van der Waals surface area contributed by atoms with E-state index in [1.807, 2.05) is 7.11 Å². The molecule has 0 saturated heterocycles. The fourth-order valence-electron chi connectivity index (χ4n) is 11.1. The molecule has 2 nitrogen and oxygen atoms in total. The SMILES string of the molecule is COC(C)(C)/C=C/C[C@@H](C)[C@H]1CC[C@@]2(C)[C@@H]3CC[C@H]4C(C)(C)[C@@H](O)CC[C@@]45C[C@@]35CC[C@]12C. The Balaban J connectivity index is 1.38. The van der Waals surface area contributed by atoms with Gasteiger partial charge in [0, 0.05) is 7.11 Å². The van der Waals surface area contributed by atoms with Gasteiger partial charge in [0.05, 0.1) is 11.7 Å². The van der Waals surface area contributed by atoms with Crippen LogP contribution in [-0.2, 0) is 4.74 Å². The third-order valence-electron chi connectivity index (χ3n) is 13.4. The van der Waals surface area contributed by atoms with Gasteiger partial charge < -0.3 is 9.84 Å². The monoisotopic (exact) mass is 456 g/mol. The molecule has 5 aliphatic carbocycles. The number of aliphatic hydroxyl groups excluding tert-OH is 1. The van der Waals surface area contributed by atoms with E-state index in [-0.39, 0.29) is 17.1 Å². The molecule has 2 heteroatoms. The van der Waals surface area contributed by atoms with Gasteiger partial charge in [0.15, 0.2) is 0 Å². The van der Waals surface area contributed by atoms with Crippen LogP contribution in [0.3, 0.4) is 0 Å². The van der Waals surface area contributed by atoms with Crippen molar-refractivity contribution >= 4 is 0 Å². The van der Waals surface area contributed by atoms with Gasteiger partial charge in [-0.15, -0.1) is 0 Å². The maximum absolute atomic E-state index is 10.9. The average molecular weight is 457 g/mol.